The average Bonchev–Trinajstić information content (AvgIpc) is 2.53. The highest BCUT2D eigenvalue weighted by Gasteiger charge is 2.26. The summed E-state index contributed by atoms with van der Waals surface area (Å²) < 4.78 is 5.15. The summed E-state index contributed by atoms with van der Waals surface area (Å²) in [4.78, 5) is 12.1. The van der Waals surface area contributed by atoms with Crippen molar-refractivity contribution in [3.8, 4) is 5.75 Å². The van der Waals surface area contributed by atoms with Crippen LogP contribution in [0.3, 0.4) is 0 Å². The van der Waals surface area contributed by atoms with Gasteiger partial charge in [0.1, 0.15) is 5.75 Å². The number of benzene rings is 1. The Kier molecular flexibility index (Phi) is 7.18. The smallest absolute Gasteiger partial charge is 0.319 e. The van der Waals surface area contributed by atoms with Crippen LogP contribution in [0.25, 0.3) is 0 Å². The quantitative estimate of drug-likeness (QED) is 0.690. The normalized spacial score (nSPS) is 11.1. The van der Waals surface area contributed by atoms with Gasteiger partial charge in [0.25, 0.3) is 0 Å². The molecule has 0 bridgehead atoms. The number of hydrogen-bond donors (Lipinski definition) is 3. The Morgan fingerprint density at radius 3 is 2.50 bits per heavy atom. The number of hydrogen-bond acceptors (Lipinski definition) is 3. The molecule has 0 atom stereocenters. The molecule has 5 heteroatoms. The zero-order valence-electron chi connectivity index (χ0n) is 14.0. The van der Waals surface area contributed by atoms with Crippen LogP contribution in [0.1, 0.15) is 38.7 Å². The van der Waals surface area contributed by atoms with E-state index in [1.165, 1.54) is 0 Å². The minimum absolute atomic E-state index is 0.0406. The predicted octanol–water partition coefficient (Wildman–Crippen LogP) is 3.31. The van der Waals surface area contributed by atoms with Crippen molar-refractivity contribution in [2.75, 3.05) is 25.6 Å². The van der Waals surface area contributed by atoms with Gasteiger partial charge in [0, 0.05) is 18.8 Å². The number of carbonyl (C=O) groups is 1. The number of carbonyl (C=O) groups excluding carboxylic acids is 1. The number of aryl methyl sites for hydroxylation is 1. The number of rotatable bonds is 8. The van der Waals surface area contributed by atoms with Gasteiger partial charge in [-0.1, -0.05) is 13.8 Å². The van der Waals surface area contributed by atoms with E-state index in [4.69, 9.17) is 4.74 Å². The van der Waals surface area contributed by atoms with Crippen molar-refractivity contribution in [3.05, 3.63) is 23.8 Å². The van der Waals surface area contributed by atoms with Gasteiger partial charge in [0.2, 0.25) is 0 Å². The van der Waals surface area contributed by atoms with Gasteiger partial charge >= 0.3 is 6.03 Å². The summed E-state index contributed by atoms with van der Waals surface area (Å²) in [6.45, 7) is 6.80. The van der Waals surface area contributed by atoms with Crippen LogP contribution in [0.4, 0.5) is 10.5 Å². The van der Waals surface area contributed by atoms with Gasteiger partial charge in [-0.2, -0.15) is 0 Å². The summed E-state index contributed by atoms with van der Waals surface area (Å²) in [6.07, 6.45) is 2.54. The molecule has 0 aliphatic carbocycles. The van der Waals surface area contributed by atoms with E-state index in [9.17, 15) is 9.90 Å². The van der Waals surface area contributed by atoms with Crippen molar-refractivity contribution >= 4 is 11.7 Å². The first-order valence-electron chi connectivity index (χ1n) is 7.80. The first kappa shape index (κ1) is 18.3. The van der Waals surface area contributed by atoms with Gasteiger partial charge in [-0.3, -0.25) is 0 Å². The van der Waals surface area contributed by atoms with Crippen LogP contribution < -0.4 is 15.4 Å². The Balaban J connectivity index is 2.62. The second-order valence-corrected chi connectivity index (χ2v) is 5.67. The van der Waals surface area contributed by atoms with Gasteiger partial charge in [0.15, 0.2) is 0 Å². The molecule has 3 N–H and O–H groups in total. The lowest BCUT2D eigenvalue weighted by Crippen LogP contribution is -2.39. The van der Waals surface area contributed by atoms with E-state index in [0.717, 1.165) is 29.8 Å². The summed E-state index contributed by atoms with van der Waals surface area (Å²) in [5.41, 5.74) is 1.67. The Bertz CT molecular complexity index is 485. The van der Waals surface area contributed by atoms with Crippen LogP contribution in [-0.2, 0) is 0 Å². The van der Waals surface area contributed by atoms with Crippen LogP contribution in [-0.4, -0.2) is 31.4 Å². The molecule has 5 nitrogen and oxygen atoms in total. The average molecular weight is 308 g/mol. The largest absolute Gasteiger partial charge is 0.497 e. The fraction of sp³-hybridized carbons (Fsp3) is 0.588. The number of aliphatic hydroxyl groups is 1. The maximum atomic E-state index is 12.1. The first-order chi connectivity index (χ1) is 10.5. The van der Waals surface area contributed by atoms with E-state index in [2.05, 4.69) is 24.5 Å². The van der Waals surface area contributed by atoms with Crippen molar-refractivity contribution in [2.45, 2.75) is 40.0 Å². The Hall–Kier alpha value is -1.75. The SMILES string of the molecule is CCC(CC)(CCO)CNC(=O)Nc1ccc(OC)cc1C. The molecule has 124 valence electrons. The van der Waals surface area contributed by atoms with Crippen molar-refractivity contribution in [1.29, 1.82) is 0 Å². The first-order valence-corrected chi connectivity index (χ1v) is 7.80. The minimum Gasteiger partial charge on any atom is -0.497 e. The van der Waals surface area contributed by atoms with Gasteiger partial charge in [-0.15, -0.1) is 0 Å². The highest BCUT2D eigenvalue weighted by molar-refractivity contribution is 5.90. The maximum Gasteiger partial charge on any atom is 0.319 e. The molecule has 1 aromatic rings. The lowest BCUT2D eigenvalue weighted by molar-refractivity contribution is 0.165. The molecule has 0 aliphatic heterocycles. The van der Waals surface area contributed by atoms with E-state index >= 15 is 0 Å². The van der Waals surface area contributed by atoms with Crippen LogP contribution in [0.2, 0.25) is 0 Å². The second kappa shape index (κ2) is 8.63. The van der Waals surface area contributed by atoms with E-state index in [-0.39, 0.29) is 18.1 Å². The molecule has 0 saturated heterocycles. The molecule has 1 rings (SSSR count). The van der Waals surface area contributed by atoms with E-state index < -0.39 is 0 Å². The molecule has 0 unspecified atom stereocenters. The molecule has 0 heterocycles. The van der Waals surface area contributed by atoms with E-state index in [1.54, 1.807) is 7.11 Å². The third-order valence-electron chi connectivity index (χ3n) is 4.45. The van der Waals surface area contributed by atoms with Crippen molar-refractivity contribution < 1.29 is 14.6 Å². The number of anilines is 1. The Morgan fingerprint density at radius 2 is 2.00 bits per heavy atom. The number of ether oxygens (including phenoxy) is 1. The highest BCUT2D eigenvalue weighted by Crippen LogP contribution is 2.29. The highest BCUT2D eigenvalue weighted by atomic mass is 16.5. The fourth-order valence-corrected chi connectivity index (χ4v) is 2.52. The number of nitrogens with one attached hydrogen (secondary N) is 2. The number of urea groups is 1. The van der Waals surface area contributed by atoms with Gasteiger partial charge < -0.3 is 20.5 Å². The molecule has 0 aromatic heterocycles. The maximum absolute atomic E-state index is 12.1. The number of methoxy groups -OCH3 is 1. The topological polar surface area (TPSA) is 70.6 Å². The molecule has 0 radical (unpaired) electrons. The summed E-state index contributed by atoms with van der Waals surface area (Å²) in [5, 5.41) is 15.0. The second-order valence-electron chi connectivity index (χ2n) is 5.67. The Morgan fingerprint density at radius 1 is 1.32 bits per heavy atom. The lowest BCUT2D eigenvalue weighted by Gasteiger charge is -2.31. The van der Waals surface area contributed by atoms with E-state index in [1.807, 2.05) is 25.1 Å². The summed E-state index contributed by atoms with van der Waals surface area (Å²) in [5.74, 6) is 0.766. The van der Waals surface area contributed by atoms with Crippen LogP contribution in [0, 0.1) is 12.3 Å². The van der Waals surface area contributed by atoms with Crippen molar-refractivity contribution in [1.82, 2.24) is 5.32 Å². The fourth-order valence-electron chi connectivity index (χ4n) is 2.52. The molecule has 0 saturated carbocycles. The number of amides is 2. The van der Waals surface area contributed by atoms with Crippen molar-refractivity contribution in [2.24, 2.45) is 5.41 Å². The van der Waals surface area contributed by atoms with Crippen molar-refractivity contribution in [3.63, 3.8) is 0 Å². The molecule has 22 heavy (non-hydrogen) atoms. The zero-order chi connectivity index (χ0) is 16.6. The minimum atomic E-state index is -0.225. The molecule has 2 amide bonds. The number of aliphatic hydroxyl groups excluding tert-OH is 1. The molecular weight excluding hydrogens is 280 g/mol. The third-order valence-corrected chi connectivity index (χ3v) is 4.45. The van der Waals surface area contributed by atoms with Gasteiger partial charge in [-0.25, -0.2) is 4.79 Å². The summed E-state index contributed by atoms with van der Waals surface area (Å²) in [7, 11) is 1.62. The lowest BCUT2D eigenvalue weighted by atomic mass is 9.79. The van der Waals surface area contributed by atoms with Crippen LogP contribution in [0.15, 0.2) is 18.2 Å². The zero-order valence-corrected chi connectivity index (χ0v) is 14.0. The van der Waals surface area contributed by atoms with Gasteiger partial charge in [0.05, 0.1) is 7.11 Å². The molecule has 0 spiro atoms. The third kappa shape index (κ3) is 4.91. The standard InChI is InChI=1S/C17H28N2O3/c1-5-17(6-2,9-10-20)12-18-16(21)19-15-8-7-14(22-4)11-13(15)3/h7-8,11,20H,5-6,9-10,12H2,1-4H3,(H2,18,19,21). The van der Waals surface area contributed by atoms with Crippen LogP contribution >= 0.6 is 0 Å². The molecule has 1 aromatic carbocycles. The molecular formula is C17H28N2O3. The Labute approximate surface area is 133 Å². The van der Waals surface area contributed by atoms with E-state index in [0.29, 0.717) is 13.0 Å². The predicted molar refractivity (Wildman–Crippen MR) is 89.5 cm³/mol. The molecule has 0 aliphatic rings. The monoisotopic (exact) mass is 308 g/mol. The summed E-state index contributed by atoms with van der Waals surface area (Å²) >= 11 is 0. The van der Waals surface area contributed by atoms with Crippen LogP contribution in [0.5, 0.6) is 5.75 Å². The molecule has 0 fully saturated rings. The van der Waals surface area contributed by atoms with Gasteiger partial charge in [-0.05, 0) is 55.4 Å². The summed E-state index contributed by atoms with van der Waals surface area (Å²) in [6, 6.07) is 5.30.